The molecular formula is C22H38O4. The minimum Gasteiger partial charge on any atom is -0.478 e. The smallest absolute Gasteiger partial charge is 0.331 e. The van der Waals surface area contributed by atoms with Gasteiger partial charge in [-0.1, -0.05) is 76.9 Å². The highest BCUT2D eigenvalue weighted by molar-refractivity contribution is 5.94. The summed E-state index contributed by atoms with van der Waals surface area (Å²) >= 11 is 0. The van der Waals surface area contributed by atoms with Crippen molar-refractivity contribution in [3.05, 3.63) is 23.8 Å². The molecule has 0 aromatic rings. The van der Waals surface area contributed by atoms with Gasteiger partial charge in [-0.3, -0.25) is 0 Å². The Labute approximate surface area is 159 Å². The first-order chi connectivity index (χ1) is 12.6. The molecule has 0 atom stereocenters. The molecule has 0 aliphatic carbocycles. The van der Waals surface area contributed by atoms with Gasteiger partial charge >= 0.3 is 11.9 Å². The summed E-state index contributed by atoms with van der Waals surface area (Å²) in [7, 11) is 0. The van der Waals surface area contributed by atoms with E-state index in [0.29, 0.717) is 6.42 Å². The minimum atomic E-state index is -1.19. The normalized spacial score (nSPS) is 12.0. The van der Waals surface area contributed by atoms with Gasteiger partial charge in [0.1, 0.15) is 0 Å². The molecule has 0 radical (unpaired) electrons. The average Bonchev–Trinajstić information content (AvgIpc) is 2.59. The molecule has 0 aliphatic rings. The van der Waals surface area contributed by atoms with Crippen LogP contribution in [0.3, 0.4) is 0 Å². The second-order valence-corrected chi connectivity index (χ2v) is 7.00. The number of carbonyl (C=O) groups is 2. The molecule has 0 amide bonds. The fraction of sp³-hybridized carbons (Fsp3) is 0.727. The highest BCUT2D eigenvalue weighted by Gasteiger charge is 2.08. The van der Waals surface area contributed by atoms with Crippen LogP contribution in [0.15, 0.2) is 23.8 Å². The second kappa shape index (κ2) is 18.2. The van der Waals surface area contributed by atoms with Gasteiger partial charge in [0.15, 0.2) is 0 Å². The van der Waals surface area contributed by atoms with Gasteiger partial charge in [-0.15, -0.1) is 0 Å². The van der Waals surface area contributed by atoms with E-state index < -0.39 is 11.9 Å². The van der Waals surface area contributed by atoms with E-state index in [0.717, 1.165) is 38.2 Å². The van der Waals surface area contributed by atoms with Crippen LogP contribution in [0.4, 0.5) is 0 Å². The summed E-state index contributed by atoms with van der Waals surface area (Å²) in [5, 5.41) is 17.5. The summed E-state index contributed by atoms with van der Waals surface area (Å²) in [5.74, 6) is -2.31. The Morgan fingerprint density at radius 3 is 1.62 bits per heavy atom. The van der Waals surface area contributed by atoms with Crippen LogP contribution in [0.1, 0.15) is 103 Å². The van der Waals surface area contributed by atoms with Crippen molar-refractivity contribution in [1.82, 2.24) is 0 Å². The Kier molecular flexibility index (Phi) is 17.1. The Morgan fingerprint density at radius 2 is 1.15 bits per heavy atom. The molecule has 4 heteroatoms. The summed E-state index contributed by atoms with van der Waals surface area (Å²) in [6.07, 6.45) is 22.6. The lowest BCUT2D eigenvalue weighted by molar-refractivity contribution is -0.135. The molecule has 0 saturated carbocycles. The van der Waals surface area contributed by atoms with Crippen LogP contribution < -0.4 is 0 Å². The van der Waals surface area contributed by atoms with Gasteiger partial charge < -0.3 is 10.2 Å². The van der Waals surface area contributed by atoms with Crippen molar-refractivity contribution in [1.29, 1.82) is 0 Å². The molecule has 0 fully saturated rings. The maximum absolute atomic E-state index is 10.9. The van der Waals surface area contributed by atoms with E-state index in [2.05, 4.69) is 19.1 Å². The van der Waals surface area contributed by atoms with Crippen LogP contribution in [0.5, 0.6) is 0 Å². The summed E-state index contributed by atoms with van der Waals surface area (Å²) in [4.78, 5) is 21.4. The lowest BCUT2D eigenvalue weighted by atomic mass is 10.0. The van der Waals surface area contributed by atoms with Gasteiger partial charge in [0.2, 0.25) is 0 Å². The predicted molar refractivity (Wildman–Crippen MR) is 107 cm³/mol. The molecule has 0 rings (SSSR count). The van der Waals surface area contributed by atoms with Crippen molar-refractivity contribution >= 4 is 11.9 Å². The predicted octanol–water partition coefficient (Wildman–Crippen LogP) is 6.51. The third kappa shape index (κ3) is 17.2. The molecule has 26 heavy (non-hydrogen) atoms. The molecule has 0 heterocycles. The first-order valence-electron chi connectivity index (χ1n) is 10.4. The Balaban J connectivity index is 3.42. The first kappa shape index (κ1) is 24.4. The fourth-order valence-corrected chi connectivity index (χ4v) is 2.95. The fourth-order valence-electron chi connectivity index (χ4n) is 2.95. The first-order valence-corrected chi connectivity index (χ1v) is 10.4. The maximum atomic E-state index is 10.9. The van der Waals surface area contributed by atoms with Gasteiger partial charge in [-0.2, -0.15) is 0 Å². The topological polar surface area (TPSA) is 74.6 Å². The zero-order valence-electron chi connectivity index (χ0n) is 16.5. The third-order valence-electron chi connectivity index (χ3n) is 4.53. The zero-order chi connectivity index (χ0) is 19.5. The molecule has 0 spiro atoms. The lowest BCUT2D eigenvalue weighted by Crippen LogP contribution is -2.04. The Bertz CT molecular complexity index is 424. The molecule has 2 N–H and O–H groups in total. The van der Waals surface area contributed by atoms with Gasteiger partial charge in [-0.05, 0) is 38.5 Å². The highest BCUT2D eigenvalue weighted by atomic mass is 16.4. The number of carboxylic acid groups (broad SMARTS) is 2. The molecule has 150 valence electrons. The van der Waals surface area contributed by atoms with E-state index in [-0.39, 0.29) is 5.57 Å². The van der Waals surface area contributed by atoms with Crippen molar-refractivity contribution in [2.24, 2.45) is 0 Å². The number of hydrogen-bond acceptors (Lipinski definition) is 2. The molecule has 0 aromatic heterocycles. The molecule has 4 nitrogen and oxygen atoms in total. The third-order valence-corrected chi connectivity index (χ3v) is 4.53. The van der Waals surface area contributed by atoms with Crippen molar-refractivity contribution < 1.29 is 19.8 Å². The number of unbranched alkanes of at least 4 members (excludes halogenated alkanes) is 12. The van der Waals surface area contributed by atoms with Crippen LogP contribution >= 0.6 is 0 Å². The SMILES string of the molecule is CCCCCCCCC=CCCCCCCCCC(=CC(=O)O)C(=O)O. The van der Waals surface area contributed by atoms with E-state index in [4.69, 9.17) is 10.2 Å². The van der Waals surface area contributed by atoms with Crippen molar-refractivity contribution in [3.8, 4) is 0 Å². The van der Waals surface area contributed by atoms with Gasteiger partial charge in [0, 0.05) is 11.6 Å². The van der Waals surface area contributed by atoms with Gasteiger partial charge in [-0.25, -0.2) is 9.59 Å². The van der Waals surface area contributed by atoms with E-state index in [1.165, 1.54) is 57.8 Å². The maximum Gasteiger partial charge on any atom is 0.331 e. The zero-order valence-corrected chi connectivity index (χ0v) is 16.5. The Hall–Kier alpha value is -1.58. The average molecular weight is 367 g/mol. The molecule has 0 aliphatic heterocycles. The van der Waals surface area contributed by atoms with Crippen LogP contribution in [0, 0.1) is 0 Å². The van der Waals surface area contributed by atoms with E-state index in [1.807, 2.05) is 0 Å². The van der Waals surface area contributed by atoms with E-state index in [1.54, 1.807) is 0 Å². The summed E-state index contributed by atoms with van der Waals surface area (Å²) in [6.45, 7) is 2.25. The molecular weight excluding hydrogens is 328 g/mol. The molecule has 0 bridgehead atoms. The number of hydrogen-bond donors (Lipinski definition) is 2. The van der Waals surface area contributed by atoms with E-state index in [9.17, 15) is 9.59 Å². The van der Waals surface area contributed by atoms with Crippen LogP contribution in [-0.4, -0.2) is 22.2 Å². The summed E-state index contributed by atoms with van der Waals surface area (Å²) in [6, 6.07) is 0. The number of rotatable bonds is 18. The summed E-state index contributed by atoms with van der Waals surface area (Å²) in [5.41, 5.74) is -0.00648. The molecule has 0 saturated heterocycles. The largest absolute Gasteiger partial charge is 0.478 e. The number of allylic oxidation sites excluding steroid dienone is 2. The van der Waals surface area contributed by atoms with Crippen molar-refractivity contribution in [2.45, 2.75) is 103 Å². The van der Waals surface area contributed by atoms with E-state index >= 15 is 0 Å². The van der Waals surface area contributed by atoms with Gasteiger partial charge in [0.05, 0.1) is 0 Å². The summed E-state index contributed by atoms with van der Waals surface area (Å²) < 4.78 is 0. The monoisotopic (exact) mass is 366 g/mol. The quantitative estimate of drug-likeness (QED) is 0.165. The highest BCUT2D eigenvalue weighted by Crippen LogP contribution is 2.13. The second-order valence-electron chi connectivity index (χ2n) is 7.00. The van der Waals surface area contributed by atoms with Gasteiger partial charge in [0.25, 0.3) is 0 Å². The van der Waals surface area contributed by atoms with Crippen molar-refractivity contribution in [3.63, 3.8) is 0 Å². The molecule has 0 aromatic carbocycles. The number of aliphatic carboxylic acids is 2. The molecule has 0 unspecified atom stereocenters. The van der Waals surface area contributed by atoms with Crippen molar-refractivity contribution in [2.75, 3.05) is 0 Å². The minimum absolute atomic E-state index is 0.00648. The lowest BCUT2D eigenvalue weighted by Gasteiger charge is -2.02. The Morgan fingerprint density at radius 1 is 0.692 bits per heavy atom. The standard InChI is InChI=1S/C22H38O4/c1-2-3-4-5-6-7-8-9-10-11-12-13-14-15-16-17-18-20(22(25)26)19-21(23)24/h9-10,19H,2-8,11-18H2,1H3,(H,23,24)(H,25,26). The van der Waals surface area contributed by atoms with Crippen LogP contribution in [0.2, 0.25) is 0 Å². The van der Waals surface area contributed by atoms with Crippen LogP contribution in [0.25, 0.3) is 0 Å². The number of carboxylic acids is 2. The van der Waals surface area contributed by atoms with Crippen LogP contribution in [-0.2, 0) is 9.59 Å².